The molecule has 1 fully saturated rings. The Labute approximate surface area is 247 Å². The number of hydrogen-bond acceptors (Lipinski definition) is 9. The first-order valence-electron chi connectivity index (χ1n) is 12.3. The maximum absolute atomic E-state index is 13.4. The predicted molar refractivity (Wildman–Crippen MR) is 145 cm³/mol. The Kier molecular flexibility index (Phi) is 9.33. The van der Waals surface area contributed by atoms with Crippen LogP contribution in [0.15, 0.2) is 48.8 Å². The average molecular weight is 643 g/mol. The molecule has 0 bridgehead atoms. The number of rotatable bonds is 6. The second-order valence-electron chi connectivity index (χ2n) is 8.99. The Morgan fingerprint density at radius 1 is 1.05 bits per heavy atom. The number of thiazole rings is 1. The topological polar surface area (TPSA) is 155 Å². The number of ether oxygens (including phenoxy) is 1. The van der Waals surface area contributed by atoms with Crippen molar-refractivity contribution in [3.8, 4) is 22.9 Å². The Morgan fingerprint density at radius 3 is 2.34 bits per heavy atom. The highest BCUT2D eigenvalue weighted by Crippen LogP contribution is 2.38. The zero-order valence-electron chi connectivity index (χ0n) is 22.2. The Morgan fingerprint density at radius 2 is 1.75 bits per heavy atom. The van der Waals surface area contributed by atoms with Crippen molar-refractivity contribution in [2.75, 3.05) is 17.2 Å². The number of nitrogens with one attached hydrogen (secondary N) is 3. The largest absolute Gasteiger partial charge is 0.490 e. The molecule has 1 atom stereocenters. The summed E-state index contributed by atoms with van der Waals surface area (Å²) in [7, 11) is 0. The van der Waals surface area contributed by atoms with E-state index in [4.69, 9.17) is 14.6 Å². The third-order valence-electron chi connectivity index (χ3n) is 5.78. The molecule has 18 heteroatoms. The number of alkyl halides is 6. The first kappa shape index (κ1) is 32.1. The molecule has 2 aromatic carbocycles. The smallest absolute Gasteiger partial charge is 0.475 e. The van der Waals surface area contributed by atoms with E-state index in [0.29, 0.717) is 29.4 Å². The maximum atomic E-state index is 13.4. The number of carbonyl (C=O) groups excluding carboxylic acids is 2. The molecule has 4 aromatic rings. The molecular weight excluding hydrogens is 622 g/mol. The molecule has 1 aliphatic rings. The molecule has 232 valence electrons. The number of benzene rings is 2. The lowest BCUT2D eigenvalue weighted by molar-refractivity contribution is -0.192. The van der Waals surface area contributed by atoms with Crippen molar-refractivity contribution in [3.05, 3.63) is 54.4 Å². The molecule has 0 radical (unpaired) electrons. The number of fused-ring (bicyclic) bond motifs is 1. The van der Waals surface area contributed by atoms with Crippen LogP contribution in [0.5, 0.6) is 11.6 Å². The maximum Gasteiger partial charge on any atom is 0.490 e. The number of aromatic nitrogens is 3. The van der Waals surface area contributed by atoms with E-state index in [-0.39, 0.29) is 28.7 Å². The van der Waals surface area contributed by atoms with Crippen LogP contribution in [-0.2, 0) is 20.6 Å². The molecule has 0 saturated carbocycles. The lowest BCUT2D eigenvalue weighted by atomic mass is 10.0. The molecule has 3 heterocycles. The molecule has 44 heavy (non-hydrogen) atoms. The third-order valence-corrected chi connectivity index (χ3v) is 6.72. The molecule has 4 N–H and O–H groups in total. The SMILES string of the molecule is CC(=O)Nc1nc2c(Oc3cc(-c4ccc(C(F)(F)F)cc4NC(=O)[C@@H]4CCN4)ncn3)cccc2s1.O=C(O)C(F)(F)F. The average Bonchev–Trinajstić information content (AvgIpc) is 3.30. The predicted octanol–water partition coefficient (Wildman–Crippen LogP) is 5.46. The number of carboxylic acids is 1. The summed E-state index contributed by atoms with van der Waals surface area (Å²) >= 11 is 1.28. The van der Waals surface area contributed by atoms with E-state index in [9.17, 15) is 35.9 Å². The van der Waals surface area contributed by atoms with Gasteiger partial charge in [-0.2, -0.15) is 26.3 Å². The van der Waals surface area contributed by atoms with Crippen LogP contribution >= 0.6 is 11.3 Å². The van der Waals surface area contributed by atoms with Gasteiger partial charge < -0.3 is 25.8 Å². The van der Waals surface area contributed by atoms with Crippen molar-refractivity contribution >= 4 is 50.2 Å². The third kappa shape index (κ3) is 7.95. The first-order valence-corrected chi connectivity index (χ1v) is 13.2. The number of carboxylic acid groups (broad SMARTS) is 1. The molecule has 1 aliphatic heterocycles. The van der Waals surface area contributed by atoms with E-state index in [0.717, 1.165) is 16.8 Å². The summed E-state index contributed by atoms with van der Waals surface area (Å²) in [6.07, 6.45) is -7.86. The van der Waals surface area contributed by atoms with Crippen molar-refractivity contribution in [2.24, 2.45) is 0 Å². The van der Waals surface area contributed by atoms with Gasteiger partial charge in [-0.25, -0.2) is 19.7 Å². The summed E-state index contributed by atoms with van der Waals surface area (Å²) in [6, 6.07) is 9.31. The first-order chi connectivity index (χ1) is 20.6. The zero-order chi connectivity index (χ0) is 32.2. The quantitative estimate of drug-likeness (QED) is 0.201. The van der Waals surface area contributed by atoms with Crippen molar-refractivity contribution in [3.63, 3.8) is 0 Å². The van der Waals surface area contributed by atoms with Gasteiger partial charge in [-0.3, -0.25) is 9.59 Å². The fourth-order valence-corrected chi connectivity index (χ4v) is 4.57. The number of nitrogens with zero attached hydrogens (tertiary/aromatic N) is 3. The number of halogens is 6. The van der Waals surface area contributed by atoms with E-state index in [1.54, 1.807) is 12.1 Å². The molecular formula is C26H20F6N6O5S. The minimum absolute atomic E-state index is 0.0280. The van der Waals surface area contributed by atoms with Gasteiger partial charge >= 0.3 is 18.3 Å². The van der Waals surface area contributed by atoms with Gasteiger partial charge in [-0.15, -0.1) is 0 Å². The van der Waals surface area contributed by atoms with Crippen LogP contribution in [0.3, 0.4) is 0 Å². The van der Waals surface area contributed by atoms with Crippen molar-refractivity contribution < 1.29 is 50.6 Å². The lowest BCUT2D eigenvalue weighted by Crippen LogP contribution is -2.50. The van der Waals surface area contributed by atoms with E-state index in [1.165, 1.54) is 36.7 Å². The second kappa shape index (κ2) is 12.8. The summed E-state index contributed by atoms with van der Waals surface area (Å²) in [5.74, 6) is -2.96. The van der Waals surface area contributed by atoms with Gasteiger partial charge in [0, 0.05) is 18.6 Å². The highest BCUT2D eigenvalue weighted by molar-refractivity contribution is 7.22. The minimum atomic E-state index is -5.08. The summed E-state index contributed by atoms with van der Waals surface area (Å²) in [5, 5.41) is 15.7. The highest BCUT2D eigenvalue weighted by Gasteiger charge is 2.38. The number of aliphatic carboxylic acids is 1. The van der Waals surface area contributed by atoms with Crippen LogP contribution in [0.1, 0.15) is 18.9 Å². The van der Waals surface area contributed by atoms with Crippen LogP contribution in [0, 0.1) is 0 Å². The molecule has 5 rings (SSSR count). The van der Waals surface area contributed by atoms with Gasteiger partial charge in [-0.1, -0.05) is 23.5 Å². The van der Waals surface area contributed by atoms with Crippen LogP contribution in [-0.4, -0.2) is 56.6 Å². The van der Waals surface area contributed by atoms with Crippen LogP contribution in [0.4, 0.5) is 37.2 Å². The fraction of sp³-hybridized carbons (Fsp3) is 0.231. The second-order valence-corrected chi connectivity index (χ2v) is 10.0. The van der Waals surface area contributed by atoms with Crippen molar-refractivity contribution in [1.29, 1.82) is 0 Å². The molecule has 0 aliphatic carbocycles. The Hall–Kier alpha value is -4.84. The van der Waals surface area contributed by atoms with Crippen molar-refractivity contribution in [1.82, 2.24) is 20.3 Å². The van der Waals surface area contributed by atoms with Gasteiger partial charge in [0.1, 0.15) is 11.8 Å². The standard InChI is InChI=1S/C24H19F3N6O3S.C2HF3O2/c1-12(34)31-23-33-21-18(3-2-4-19(21)37-23)36-20-10-16(29-11-30-20)14-6-5-13(24(25,26)27)9-17(14)32-22(35)15-7-8-28-15;3-2(4,5)1(6)7/h2-6,9-11,15,28H,7-8H2,1H3,(H,32,35)(H,31,33,34);(H,6,7)/t15-;/m0./s1. The monoisotopic (exact) mass is 642 g/mol. The number of amides is 2. The lowest BCUT2D eigenvalue weighted by Gasteiger charge is -2.26. The highest BCUT2D eigenvalue weighted by atomic mass is 32.1. The zero-order valence-corrected chi connectivity index (χ0v) is 23.0. The van der Waals surface area contributed by atoms with E-state index >= 15 is 0 Å². The molecule has 0 spiro atoms. The summed E-state index contributed by atoms with van der Waals surface area (Å²) < 4.78 is 78.6. The molecule has 2 aromatic heterocycles. The summed E-state index contributed by atoms with van der Waals surface area (Å²) in [4.78, 5) is 45.5. The number of hydrogen-bond donors (Lipinski definition) is 4. The van der Waals surface area contributed by atoms with Gasteiger partial charge in [0.05, 0.1) is 27.7 Å². The Balaban J connectivity index is 0.000000566. The van der Waals surface area contributed by atoms with E-state index in [2.05, 4.69) is 30.9 Å². The molecule has 11 nitrogen and oxygen atoms in total. The number of anilines is 2. The molecule has 0 unspecified atom stereocenters. The van der Waals surface area contributed by atoms with Crippen molar-refractivity contribution in [2.45, 2.75) is 31.7 Å². The summed E-state index contributed by atoms with van der Waals surface area (Å²) in [6.45, 7) is 2.05. The van der Waals surface area contributed by atoms with E-state index in [1.807, 2.05) is 6.07 Å². The molecule has 2 amide bonds. The summed E-state index contributed by atoms with van der Waals surface area (Å²) in [5.41, 5.74) is 0.100. The van der Waals surface area contributed by atoms with Crippen LogP contribution < -0.4 is 20.7 Å². The minimum Gasteiger partial charge on any atom is -0.475 e. The van der Waals surface area contributed by atoms with Crippen LogP contribution in [0.2, 0.25) is 0 Å². The number of para-hydroxylation sites is 1. The van der Waals surface area contributed by atoms with Gasteiger partial charge in [-0.05, 0) is 37.2 Å². The van der Waals surface area contributed by atoms with Crippen LogP contribution in [0.25, 0.3) is 21.5 Å². The van der Waals surface area contributed by atoms with Gasteiger partial charge in [0.25, 0.3) is 0 Å². The van der Waals surface area contributed by atoms with Gasteiger partial charge in [0.2, 0.25) is 17.7 Å². The normalized spacial score (nSPS) is 14.6. The van der Waals surface area contributed by atoms with E-state index < -0.39 is 35.8 Å². The number of carbonyl (C=O) groups is 3. The fourth-order valence-electron chi connectivity index (χ4n) is 3.64. The Bertz CT molecular complexity index is 1710. The van der Waals surface area contributed by atoms with Gasteiger partial charge in [0.15, 0.2) is 10.9 Å². The molecule has 1 saturated heterocycles.